The van der Waals surface area contributed by atoms with Gasteiger partial charge in [-0.15, -0.1) is 0 Å². The number of esters is 1. The lowest BCUT2D eigenvalue weighted by atomic mass is 9.44. The molecule has 0 heterocycles. The van der Waals surface area contributed by atoms with E-state index in [0.717, 1.165) is 41.9 Å². The van der Waals surface area contributed by atoms with Gasteiger partial charge in [-0.2, -0.15) is 0 Å². The van der Waals surface area contributed by atoms with Crippen LogP contribution in [0.2, 0.25) is 0 Å². The summed E-state index contributed by atoms with van der Waals surface area (Å²) >= 11 is 0. The van der Waals surface area contributed by atoms with Crippen LogP contribution in [-0.2, 0) is 4.74 Å². The molecule has 2 N–H and O–H groups in total. The van der Waals surface area contributed by atoms with Gasteiger partial charge in [-0.25, -0.2) is 4.79 Å². The molecule has 3 nitrogen and oxygen atoms in total. The molecule has 0 radical (unpaired) electrons. The Labute approximate surface area is 226 Å². The average Bonchev–Trinajstić information content (AvgIpc) is 3.24. The summed E-state index contributed by atoms with van der Waals surface area (Å²) in [5, 5.41) is 0. The van der Waals surface area contributed by atoms with E-state index in [9.17, 15) is 4.79 Å². The molecule has 37 heavy (non-hydrogen) atoms. The number of carbonyl (C=O) groups excluding carboxylic acids is 1. The van der Waals surface area contributed by atoms with Crippen LogP contribution < -0.4 is 5.73 Å². The number of carbonyl (C=O) groups is 1. The smallest absolute Gasteiger partial charge is 0.338 e. The summed E-state index contributed by atoms with van der Waals surface area (Å²) in [7, 11) is 0. The number of nitrogens with two attached hydrogens (primary N) is 1. The Bertz CT molecular complexity index is 926. The molecule has 3 heteroatoms. The molecule has 4 aliphatic rings. The minimum atomic E-state index is -0.239. The van der Waals surface area contributed by atoms with Crippen molar-refractivity contribution in [2.75, 3.05) is 12.3 Å². The van der Waals surface area contributed by atoms with E-state index in [4.69, 9.17) is 10.5 Å². The van der Waals surface area contributed by atoms with Crippen LogP contribution in [-0.4, -0.2) is 12.6 Å². The highest BCUT2D eigenvalue weighted by Gasteiger charge is 2.60. The lowest BCUT2D eigenvalue weighted by molar-refractivity contribution is -0.114. The van der Waals surface area contributed by atoms with Crippen molar-refractivity contribution in [3.8, 4) is 0 Å². The third-order valence-electron chi connectivity index (χ3n) is 12.3. The predicted octanol–water partition coefficient (Wildman–Crippen LogP) is 8.92. The van der Waals surface area contributed by atoms with Gasteiger partial charge in [0, 0.05) is 5.69 Å². The summed E-state index contributed by atoms with van der Waals surface area (Å²) in [5.74, 6) is 5.88. The molecular formula is C34H53NO2. The first kappa shape index (κ1) is 27.1. The molecule has 1 aromatic carbocycles. The van der Waals surface area contributed by atoms with Gasteiger partial charge in [0.25, 0.3) is 0 Å². The van der Waals surface area contributed by atoms with Crippen LogP contribution in [0.5, 0.6) is 0 Å². The molecule has 5 rings (SSSR count). The second-order valence-electron chi connectivity index (χ2n) is 14.4. The van der Waals surface area contributed by atoms with E-state index in [0.29, 0.717) is 34.6 Å². The lowest BCUT2D eigenvalue weighted by Crippen LogP contribution is -2.53. The molecule has 0 aromatic heterocycles. The Hall–Kier alpha value is -1.51. The number of nitrogen functional groups attached to an aromatic ring is 1. The quantitative estimate of drug-likeness (QED) is 0.282. The molecule has 0 bridgehead atoms. The SMILES string of the molecule is CC(CCCC(C)[C@H]1CC[C@H]2[C@@H]3CCC4CCCC[C@]4(C)[C@H]3CC[C@]12C)COC(=O)c1ccc(N)cc1. The van der Waals surface area contributed by atoms with Gasteiger partial charge >= 0.3 is 5.97 Å². The highest BCUT2D eigenvalue weighted by molar-refractivity contribution is 5.89. The average molecular weight is 508 g/mol. The summed E-state index contributed by atoms with van der Waals surface area (Å²) in [5.41, 5.74) is 8.19. The summed E-state index contributed by atoms with van der Waals surface area (Å²) in [4.78, 5) is 12.3. The molecule has 4 fully saturated rings. The Morgan fingerprint density at radius 2 is 1.68 bits per heavy atom. The van der Waals surface area contributed by atoms with Gasteiger partial charge in [-0.3, -0.25) is 0 Å². The minimum absolute atomic E-state index is 0.239. The number of fused-ring (bicyclic) bond motifs is 5. The first-order chi connectivity index (χ1) is 17.7. The second kappa shape index (κ2) is 10.9. The van der Waals surface area contributed by atoms with Crippen LogP contribution in [0.4, 0.5) is 5.69 Å². The van der Waals surface area contributed by atoms with Gasteiger partial charge in [-0.1, -0.05) is 53.4 Å². The molecule has 9 atom stereocenters. The predicted molar refractivity (Wildman–Crippen MR) is 153 cm³/mol. The molecule has 0 saturated heterocycles. The van der Waals surface area contributed by atoms with E-state index in [1.165, 1.54) is 77.0 Å². The van der Waals surface area contributed by atoms with Crippen molar-refractivity contribution in [3.63, 3.8) is 0 Å². The van der Waals surface area contributed by atoms with E-state index in [1.807, 2.05) is 0 Å². The zero-order valence-electron chi connectivity index (χ0n) is 24.1. The van der Waals surface area contributed by atoms with Crippen molar-refractivity contribution in [1.29, 1.82) is 0 Å². The maximum absolute atomic E-state index is 12.3. The fraction of sp³-hybridized carbons (Fsp3) is 0.794. The Balaban J connectivity index is 1.10. The van der Waals surface area contributed by atoms with Gasteiger partial charge in [0.05, 0.1) is 12.2 Å². The molecule has 0 spiro atoms. The van der Waals surface area contributed by atoms with Crippen molar-refractivity contribution in [1.82, 2.24) is 0 Å². The molecule has 0 amide bonds. The fourth-order valence-electron chi connectivity index (χ4n) is 10.3. The largest absolute Gasteiger partial charge is 0.462 e. The van der Waals surface area contributed by atoms with Crippen LogP contribution in [0.25, 0.3) is 0 Å². The first-order valence-electron chi connectivity index (χ1n) is 15.7. The number of anilines is 1. The van der Waals surface area contributed by atoms with Gasteiger partial charge in [0.1, 0.15) is 0 Å². The van der Waals surface area contributed by atoms with Crippen LogP contribution >= 0.6 is 0 Å². The van der Waals surface area contributed by atoms with Crippen LogP contribution in [0.3, 0.4) is 0 Å². The molecule has 206 valence electrons. The van der Waals surface area contributed by atoms with E-state index >= 15 is 0 Å². The topological polar surface area (TPSA) is 52.3 Å². The zero-order valence-corrected chi connectivity index (χ0v) is 24.1. The Kier molecular flexibility index (Phi) is 8.00. The molecule has 0 aliphatic heterocycles. The van der Waals surface area contributed by atoms with E-state index in [1.54, 1.807) is 24.3 Å². The van der Waals surface area contributed by atoms with Crippen molar-refractivity contribution >= 4 is 11.7 Å². The normalized spacial score (nSPS) is 38.6. The van der Waals surface area contributed by atoms with Gasteiger partial charge < -0.3 is 10.5 Å². The standard InChI is InChI=1S/C34H53NO2/c1-23(22-37-32(36)25-11-14-27(35)15-12-25)8-7-9-24(2)29-17-18-30-28-16-13-26-10-5-6-20-33(26,3)31(28)19-21-34(29,30)4/h11-12,14-15,23-24,26,28-31H,5-10,13,16-22,35H2,1-4H3/t23?,24?,26?,28-,29+,30-,31-,33-,34+/m0/s1. The molecule has 1 aromatic rings. The molecule has 3 unspecified atom stereocenters. The van der Waals surface area contributed by atoms with E-state index < -0.39 is 0 Å². The van der Waals surface area contributed by atoms with E-state index in [-0.39, 0.29) is 5.97 Å². The third kappa shape index (κ3) is 5.22. The fourth-order valence-corrected chi connectivity index (χ4v) is 10.3. The second-order valence-corrected chi connectivity index (χ2v) is 14.4. The van der Waals surface area contributed by atoms with Crippen LogP contribution in [0.1, 0.15) is 122 Å². The number of hydrogen-bond acceptors (Lipinski definition) is 3. The number of rotatable bonds is 8. The zero-order chi connectivity index (χ0) is 26.2. The number of ether oxygens (including phenoxy) is 1. The van der Waals surface area contributed by atoms with Gasteiger partial charge in [-0.05, 0) is 134 Å². The molecular weight excluding hydrogens is 454 g/mol. The highest BCUT2D eigenvalue weighted by Crippen LogP contribution is 2.68. The summed E-state index contributed by atoms with van der Waals surface area (Å²) < 4.78 is 5.59. The van der Waals surface area contributed by atoms with Gasteiger partial charge in [0.15, 0.2) is 0 Å². The number of benzene rings is 1. The maximum atomic E-state index is 12.3. The summed E-state index contributed by atoms with van der Waals surface area (Å²) in [6.07, 6.45) is 18.7. The number of hydrogen-bond donors (Lipinski definition) is 1. The van der Waals surface area contributed by atoms with Crippen molar-refractivity contribution in [2.45, 2.75) is 111 Å². The van der Waals surface area contributed by atoms with E-state index in [2.05, 4.69) is 27.7 Å². The summed E-state index contributed by atoms with van der Waals surface area (Å²) in [6, 6.07) is 6.99. The minimum Gasteiger partial charge on any atom is -0.462 e. The van der Waals surface area contributed by atoms with Gasteiger partial charge in [0.2, 0.25) is 0 Å². The third-order valence-corrected chi connectivity index (χ3v) is 12.3. The van der Waals surface area contributed by atoms with Crippen molar-refractivity contribution in [2.24, 2.45) is 52.3 Å². The monoisotopic (exact) mass is 507 g/mol. The Morgan fingerprint density at radius 1 is 0.919 bits per heavy atom. The first-order valence-corrected chi connectivity index (χ1v) is 15.7. The molecule has 4 saturated carbocycles. The Morgan fingerprint density at radius 3 is 2.46 bits per heavy atom. The lowest BCUT2D eigenvalue weighted by Gasteiger charge is -2.61. The summed E-state index contributed by atoms with van der Waals surface area (Å²) in [6.45, 7) is 10.7. The van der Waals surface area contributed by atoms with Crippen molar-refractivity contribution in [3.05, 3.63) is 29.8 Å². The highest BCUT2D eigenvalue weighted by atomic mass is 16.5. The molecule has 4 aliphatic carbocycles. The van der Waals surface area contributed by atoms with Crippen molar-refractivity contribution < 1.29 is 9.53 Å². The maximum Gasteiger partial charge on any atom is 0.338 e. The van der Waals surface area contributed by atoms with Crippen LogP contribution in [0, 0.1) is 52.3 Å². The van der Waals surface area contributed by atoms with Crippen LogP contribution in [0.15, 0.2) is 24.3 Å².